The lowest BCUT2D eigenvalue weighted by molar-refractivity contribution is 0.0505. The van der Waals surface area contributed by atoms with Gasteiger partial charge in [-0.05, 0) is 39.8 Å². The molecular weight excluding hydrogens is 436 g/mol. The van der Waals surface area contributed by atoms with Gasteiger partial charge in [-0.2, -0.15) is 0 Å². The largest absolute Gasteiger partial charge is 0.474 e. The predicted molar refractivity (Wildman–Crippen MR) is 129 cm³/mol. The number of carbonyl (C=O) groups excluding carboxylic acids is 1. The average molecular weight is 471 g/mol. The van der Waals surface area contributed by atoms with Crippen molar-refractivity contribution < 1.29 is 19.0 Å². The van der Waals surface area contributed by atoms with Crippen LogP contribution in [-0.4, -0.2) is 77.5 Å². The van der Waals surface area contributed by atoms with E-state index in [2.05, 4.69) is 20.2 Å². The molecule has 2 fully saturated rings. The third-order valence-electron chi connectivity index (χ3n) is 6.01. The van der Waals surface area contributed by atoms with Gasteiger partial charge in [-0.15, -0.1) is 0 Å². The van der Waals surface area contributed by atoms with Gasteiger partial charge in [0.15, 0.2) is 0 Å². The summed E-state index contributed by atoms with van der Waals surface area (Å²) in [5.41, 5.74) is 2.62. The molecule has 0 bridgehead atoms. The molecule has 4 heterocycles. The first-order valence-electron chi connectivity index (χ1n) is 11.9. The third-order valence-corrected chi connectivity index (χ3v) is 6.01. The summed E-state index contributed by atoms with van der Waals surface area (Å²) in [5, 5.41) is 3.38. The lowest BCUT2D eigenvalue weighted by Gasteiger charge is -2.32. The number of rotatable bonds is 6. The average Bonchev–Trinajstić information content (AvgIpc) is 2.83. The number of carbonyl (C=O) groups is 1. The van der Waals surface area contributed by atoms with Crippen molar-refractivity contribution in [3.63, 3.8) is 0 Å². The normalized spacial score (nSPS) is 17.1. The van der Waals surface area contributed by atoms with Gasteiger partial charge < -0.3 is 29.3 Å². The second-order valence-corrected chi connectivity index (χ2v) is 8.92. The number of pyridine rings is 1. The Morgan fingerprint density at radius 3 is 2.53 bits per heavy atom. The van der Waals surface area contributed by atoms with Crippen molar-refractivity contribution in [1.29, 1.82) is 0 Å². The van der Waals surface area contributed by atoms with Crippen LogP contribution in [0.3, 0.4) is 0 Å². The van der Waals surface area contributed by atoms with Crippen LogP contribution in [0.2, 0.25) is 0 Å². The van der Waals surface area contributed by atoms with Crippen molar-refractivity contribution in [2.45, 2.75) is 52.7 Å². The molecule has 10 nitrogen and oxygen atoms in total. The summed E-state index contributed by atoms with van der Waals surface area (Å²) >= 11 is 0. The molecule has 0 aromatic carbocycles. The second kappa shape index (κ2) is 10.9. The van der Waals surface area contributed by atoms with Gasteiger partial charge >= 0.3 is 6.09 Å². The zero-order valence-electron chi connectivity index (χ0n) is 20.4. The first-order valence-corrected chi connectivity index (χ1v) is 11.9. The summed E-state index contributed by atoms with van der Waals surface area (Å²) in [6, 6.07) is 4.05. The number of nitrogens with zero attached hydrogens (tertiary/aromatic N) is 5. The van der Waals surface area contributed by atoms with E-state index in [0.717, 1.165) is 61.9 Å². The Balaban J connectivity index is 1.37. The van der Waals surface area contributed by atoms with Crippen molar-refractivity contribution in [3.8, 4) is 5.88 Å². The number of hydrogen-bond acceptors (Lipinski definition) is 9. The standard InChI is InChI=1S/C24H34N6O4/c1-16(2)33-24(31)30-9-7-19(8-10-30)34-23-17(3)22(25-15-26-23)28-20-5-6-21(27-18(20)4)29-11-13-32-14-12-29/h5-6,15-16,19H,7-14H2,1-4H3,(H,25,26,28). The molecule has 0 radical (unpaired) electrons. The van der Waals surface area contributed by atoms with Crippen molar-refractivity contribution >= 4 is 23.4 Å². The maximum Gasteiger partial charge on any atom is 0.410 e. The molecule has 34 heavy (non-hydrogen) atoms. The number of nitrogens with one attached hydrogen (secondary N) is 1. The monoisotopic (exact) mass is 470 g/mol. The van der Waals surface area contributed by atoms with E-state index in [1.54, 1.807) is 4.90 Å². The predicted octanol–water partition coefficient (Wildman–Crippen LogP) is 3.46. The van der Waals surface area contributed by atoms with Gasteiger partial charge in [0.2, 0.25) is 5.88 Å². The van der Waals surface area contributed by atoms with E-state index in [1.165, 1.54) is 6.33 Å². The van der Waals surface area contributed by atoms with Crippen molar-refractivity contribution in [3.05, 3.63) is 29.7 Å². The molecule has 0 unspecified atom stereocenters. The van der Waals surface area contributed by atoms with Crippen LogP contribution >= 0.6 is 0 Å². The van der Waals surface area contributed by atoms with Crippen LogP contribution in [0.4, 0.5) is 22.1 Å². The minimum Gasteiger partial charge on any atom is -0.474 e. The summed E-state index contributed by atoms with van der Waals surface area (Å²) in [5.74, 6) is 2.20. The number of morpholine rings is 1. The second-order valence-electron chi connectivity index (χ2n) is 8.92. The lowest BCUT2D eigenvalue weighted by atomic mass is 10.1. The van der Waals surface area contributed by atoms with Gasteiger partial charge in [-0.1, -0.05) is 0 Å². The highest BCUT2D eigenvalue weighted by Crippen LogP contribution is 2.28. The van der Waals surface area contributed by atoms with E-state index < -0.39 is 0 Å². The molecule has 0 atom stereocenters. The van der Waals surface area contributed by atoms with E-state index in [0.29, 0.717) is 24.8 Å². The first kappa shape index (κ1) is 24.0. The smallest absolute Gasteiger partial charge is 0.410 e. The SMILES string of the molecule is Cc1nc(N2CCOCC2)ccc1Nc1ncnc(OC2CCN(C(=O)OC(C)C)CC2)c1C. The fraction of sp³-hybridized carbons (Fsp3) is 0.583. The van der Waals surface area contributed by atoms with Gasteiger partial charge in [0, 0.05) is 39.0 Å². The molecule has 2 aliphatic heterocycles. The van der Waals surface area contributed by atoms with E-state index in [1.807, 2.05) is 39.8 Å². The molecule has 2 aromatic heterocycles. The Morgan fingerprint density at radius 2 is 1.85 bits per heavy atom. The molecule has 0 aliphatic carbocycles. The molecule has 4 rings (SSSR count). The van der Waals surface area contributed by atoms with Crippen LogP contribution in [0.5, 0.6) is 5.88 Å². The zero-order chi connectivity index (χ0) is 24.1. The van der Waals surface area contributed by atoms with Crippen molar-refractivity contribution in [2.24, 2.45) is 0 Å². The van der Waals surface area contributed by atoms with Crippen LogP contribution in [0, 0.1) is 13.8 Å². The first-order chi connectivity index (χ1) is 16.4. The quantitative estimate of drug-likeness (QED) is 0.680. The molecule has 0 spiro atoms. The Bertz CT molecular complexity index is 987. The summed E-state index contributed by atoms with van der Waals surface area (Å²) in [7, 11) is 0. The van der Waals surface area contributed by atoms with Gasteiger partial charge in [0.05, 0.1) is 36.3 Å². The highest BCUT2D eigenvalue weighted by molar-refractivity contribution is 5.68. The number of likely N-dealkylation sites (tertiary alicyclic amines) is 1. The van der Waals surface area contributed by atoms with Crippen molar-refractivity contribution in [2.75, 3.05) is 49.6 Å². The summed E-state index contributed by atoms with van der Waals surface area (Å²) in [6.07, 6.45) is 2.56. The van der Waals surface area contributed by atoms with Gasteiger partial charge in [0.25, 0.3) is 0 Å². The molecule has 184 valence electrons. The Labute approximate surface area is 200 Å². The zero-order valence-corrected chi connectivity index (χ0v) is 20.4. The van der Waals surface area contributed by atoms with Crippen LogP contribution < -0.4 is 15.0 Å². The Kier molecular flexibility index (Phi) is 7.66. The van der Waals surface area contributed by atoms with Gasteiger partial charge in [0.1, 0.15) is 24.1 Å². The number of ether oxygens (including phenoxy) is 3. The number of aryl methyl sites for hydroxylation is 1. The number of anilines is 3. The molecule has 10 heteroatoms. The van der Waals surface area contributed by atoms with Crippen LogP contribution in [0.1, 0.15) is 37.9 Å². The maximum absolute atomic E-state index is 12.1. The summed E-state index contributed by atoms with van der Waals surface area (Å²) < 4.78 is 16.9. The Morgan fingerprint density at radius 1 is 1.12 bits per heavy atom. The molecule has 0 saturated carbocycles. The summed E-state index contributed by atoms with van der Waals surface area (Å²) in [4.78, 5) is 29.6. The highest BCUT2D eigenvalue weighted by atomic mass is 16.6. The Hall–Kier alpha value is -3.14. The molecule has 2 aromatic rings. The molecule has 1 amide bonds. The number of hydrogen-bond donors (Lipinski definition) is 1. The number of piperidine rings is 1. The van der Waals surface area contributed by atoms with E-state index >= 15 is 0 Å². The fourth-order valence-corrected chi connectivity index (χ4v) is 4.05. The van der Waals surface area contributed by atoms with Crippen molar-refractivity contribution in [1.82, 2.24) is 19.9 Å². The fourth-order valence-electron chi connectivity index (χ4n) is 4.05. The van der Waals surface area contributed by atoms with Crippen LogP contribution in [0.25, 0.3) is 0 Å². The minimum atomic E-state index is -0.262. The van der Waals surface area contributed by atoms with E-state index in [-0.39, 0.29) is 18.3 Å². The van der Waals surface area contributed by atoms with E-state index in [9.17, 15) is 4.79 Å². The van der Waals surface area contributed by atoms with Gasteiger partial charge in [-0.25, -0.2) is 19.7 Å². The number of amides is 1. The minimum absolute atomic E-state index is 0.0132. The topological polar surface area (TPSA) is 102 Å². The summed E-state index contributed by atoms with van der Waals surface area (Å²) in [6.45, 7) is 12.0. The maximum atomic E-state index is 12.1. The van der Waals surface area contributed by atoms with Crippen LogP contribution in [0.15, 0.2) is 18.5 Å². The molecular formula is C24H34N6O4. The lowest BCUT2D eigenvalue weighted by Crippen LogP contribution is -2.42. The number of aromatic nitrogens is 3. The van der Waals surface area contributed by atoms with Gasteiger partial charge in [-0.3, -0.25) is 0 Å². The molecule has 1 N–H and O–H groups in total. The third kappa shape index (κ3) is 5.85. The highest BCUT2D eigenvalue weighted by Gasteiger charge is 2.26. The molecule has 2 saturated heterocycles. The van der Waals surface area contributed by atoms with Crippen LogP contribution in [-0.2, 0) is 9.47 Å². The molecule has 2 aliphatic rings. The van der Waals surface area contributed by atoms with E-state index in [4.69, 9.17) is 19.2 Å².